The molecule has 0 atom stereocenters. The van der Waals surface area contributed by atoms with Crippen molar-refractivity contribution in [3.05, 3.63) is 47.8 Å². The highest BCUT2D eigenvalue weighted by Crippen LogP contribution is 2.39. The monoisotopic (exact) mass is 326 g/mol. The van der Waals surface area contributed by atoms with E-state index in [1.54, 1.807) is 11.5 Å². The number of nitrogens with zero attached hydrogens (tertiary/aromatic N) is 4. The van der Waals surface area contributed by atoms with Crippen molar-refractivity contribution in [1.82, 2.24) is 14.3 Å². The molecule has 5 heteroatoms. The summed E-state index contributed by atoms with van der Waals surface area (Å²) < 4.78 is 4.52. The van der Waals surface area contributed by atoms with Crippen molar-refractivity contribution in [2.45, 2.75) is 18.8 Å². The summed E-state index contributed by atoms with van der Waals surface area (Å²) >= 11 is 1.57. The third-order valence-electron chi connectivity index (χ3n) is 4.49. The number of hydrogen-bond acceptors (Lipinski definition) is 5. The van der Waals surface area contributed by atoms with Gasteiger partial charge in [0.2, 0.25) is 5.13 Å². The van der Waals surface area contributed by atoms with Crippen molar-refractivity contribution in [3.63, 3.8) is 0 Å². The lowest BCUT2D eigenvalue weighted by Gasteiger charge is -2.33. The normalized spacial score (nSPS) is 19.6. The molecule has 0 spiro atoms. The molecular weight excluding hydrogens is 304 g/mol. The van der Waals surface area contributed by atoms with Gasteiger partial charge >= 0.3 is 0 Å². The molecule has 0 N–H and O–H groups in total. The first-order chi connectivity index (χ1) is 11.4. The van der Waals surface area contributed by atoms with Crippen LogP contribution >= 0.6 is 11.5 Å². The van der Waals surface area contributed by atoms with E-state index in [2.05, 4.69) is 56.7 Å². The number of aromatic nitrogens is 2. The third kappa shape index (κ3) is 3.79. The van der Waals surface area contributed by atoms with E-state index in [1.165, 1.54) is 18.4 Å². The summed E-state index contributed by atoms with van der Waals surface area (Å²) in [6, 6.07) is 10.5. The van der Waals surface area contributed by atoms with Gasteiger partial charge in [-0.05, 0) is 18.4 Å². The molecule has 0 bridgehead atoms. The van der Waals surface area contributed by atoms with Crippen molar-refractivity contribution in [3.8, 4) is 0 Å². The maximum atomic E-state index is 4.72. The van der Waals surface area contributed by atoms with E-state index in [0.29, 0.717) is 5.92 Å². The van der Waals surface area contributed by atoms with E-state index in [1.807, 2.05) is 0 Å². The number of anilines is 1. The molecule has 2 aliphatic rings. The Morgan fingerprint density at radius 3 is 2.61 bits per heavy atom. The number of hydrogen-bond donors (Lipinski definition) is 0. The third-order valence-corrected chi connectivity index (χ3v) is 5.28. The van der Waals surface area contributed by atoms with Crippen LogP contribution in [0, 0.1) is 0 Å². The zero-order chi connectivity index (χ0) is 15.5. The quantitative estimate of drug-likeness (QED) is 0.844. The van der Waals surface area contributed by atoms with Crippen LogP contribution in [-0.2, 0) is 0 Å². The maximum Gasteiger partial charge on any atom is 0.205 e. The highest BCUT2D eigenvalue weighted by molar-refractivity contribution is 7.09. The largest absolute Gasteiger partial charge is 0.344 e. The predicted octanol–water partition coefficient (Wildman–Crippen LogP) is 3.25. The molecule has 0 amide bonds. The SMILES string of the molecule is C(=C\c1ccccc1)/CN1CCN(c2nc(C3CC3)ns2)CC1. The maximum absolute atomic E-state index is 4.72. The minimum absolute atomic E-state index is 0.657. The molecule has 2 aromatic rings. The molecule has 1 aromatic carbocycles. The second-order valence-electron chi connectivity index (χ2n) is 6.31. The van der Waals surface area contributed by atoms with Gasteiger partial charge in [-0.2, -0.15) is 4.37 Å². The van der Waals surface area contributed by atoms with Gasteiger partial charge in [-0.15, -0.1) is 0 Å². The van der Waals surface area contributed by atoms with Gasteiger partial charge in [0.1, 0.15) is 5.82 Å². The van der Waals surface area contributed by atoms with Gasteiger partial charge < -0.3 is 4.90 Å². The Morgan fingerprint density at radius 2 is 1.87 bits per heavy atom. The summed E-state index contributed by atoms with van der Waals surface area (Å²) in [7, 11) is 0. The number of piperazine rings is 1. The summed E-state index contributed by atoms with van der Waals surface area (Å²) in [5.74, 6) is 1.74. The molecule has 120 valence electrons. The van der Waals surface area contributed by atoms with Gasteiger partial charge in [0.15, 0.2) is 0 Å². The Morgan fingerprint density at radius 1 is 1.09 bits per heavy atom. The van der Waals surface area contributed by atoms with Gasteiger partial charge in [0.05, 0.1) is 0 Å². The fraction of sp³-hybridized carbons (Fsp3) is 0.444. The van der Waals surface area contributed by atoms with Crippen LogP contribution in [0.25, 0.3) is 6.08 Å². The van der Waals surface area contributed by atoms with Crippen LogP contribution in [0.3, 0.4) is 0 Å². The standard InChI is InChI=1S/C18H22N4S/c1-2-5-15(6-3-1)7-4-10-21-11-13-22(14-12-21)18-19-17(20-23-18)16-8-9-16/h1-7,16H,8-14H2/b7-4+. The van der Waals surface area contributed by atoms with Crippen LogP contribution in [0.1, 0.15) is 30.1 Å². The van der Waals surface area contributed by atoms with Crippen LogP contribution in [-0.4, -0.2) is 47.0 Å². The number of benzene rings is 1. The van der Waals surface area contributed by atoms with Crippen molar-refractivity contribution < 1.29 is 0 Å². The summed E-state index contributed by atoms with van der Waals surface area (Å²) in [5, 5.41) is 1.12. The second kappa shape index (κ2) is 6.81. The van der Waals surface area contributed by atoms with Gasteiger partial charge in [-0.1, -0.05) is 42.5 Å². The van der Waals surface area contributed by atoms with Crippen molar-refractivity contribution in [2.75, 3.05) is 37.6 Å². The molecule has 1 saturated heterocycles. The first-order valence-corrected chi connectivity index (χ1v) is 9.18. The summed E-state index contributed by atoms with van der Waals surface area (Å²) in [4.78, 5) is 9.61. The lowest BCUT2D eigenvalue weighted by Crippen LogP contribution is -2.46. The average Bonchev–Trinajstić information content (AvgIpc) is 3.34. The van der Waals surface area contributed by atoms with Crippen LogP contribution < -0.4 is 4.90 Å². The topological polar surface area (TPSA) is 32.3 Å². The Labute approximate surface area is 141 Å². The molecule has 23 heavy (non-hydrogen) atoms. The van der Waals surface area contributed by atoms with E-state index in [-0.39, 0.29) is 0 Å². The summed E-state index contributed by atoms with van der Waals surface area (Å²) in [6.45, 7) is 5.32. The molecule has 4 nitrogen and oxygen atoms in total. The summed E-state index contributed by atoms with van der Waals surface area (Å²) in [5.41, 5.74) is 1.27. The zero-order valence-corrected chi connectivity index (χ0v) is 14.1. The van der Waals surface area contributed by atoms with Gasteiger partial charge in [-0.3, -0.25) is 4.90 Å². The first-order valence-electron chi connectivity index (χ1n) is 8.41. The van der Waals surface area contributed by atoms with Crippen molar-refractivity contribution >= 4 is 22.7 Å². The summed E-state index contributed by atoms with van der Waals surface area (Å²) in [6.07, 6.45) is 7.02. The molecule has 0 radical (unpaired) electrons. The fourth-order valence-electron chi connectivity index (χ4n) is 2.89. The van der Waals surface area contributed by atoms with Gasteiger partial charge in [-0.25, -0.2) is 4.98 Å². The lowest BCUT2D eigenvalue weighted by molar-refractivity contribution is 0.284. The van der Waals surface area contributed by atoms with Crippen molar-refractivity contribution in [2.24, 2.45) is 0 Å². The van der Waals surface area contributed by atoms with E-state index in [9.17, 15) is 0 Å². The van der Waals surface area contributed by atoms with Crippen LogP contribution in [0.5, 0.6) is 0 Å². The minimum atomic E-state index is 0.657. The molecular formula is C18H22N4S. The highest BCUT2D eigenvalue weighted by Gasteiger charge is 2.29. The van der Waals surface area contributed by atoms with Gasteiger partial charge in [0.25, 0.3) is 0 Å². The number of rotatable bonds is 5. The Balaban J connectivity index is 1.26. The highest BCUT2D eigenvalue weighted by atomic mass is 32.1. The molecule has 1 aliphatic heterocycles. The molecule has 1 saturated carbocycles. The minimum Gasteiger partial charge on any atom is -0.344 e. The second-order valence-corrected chi connectivity index (χ2v) is 7.04. The lowest BCUT2D eigenvalue weighted by atomic mass is 10.2. The molecule has 2 fully saturated rings. The molecule has 4 rings (SSSR count). The molecule has 0 unspecified atom stereocenters. The molecule has 1 aromatic heterocycles. The zero-order valence-electron chi connectivity index (χ0n) is 13.3. The molecule has 2 heterocycles. The van der Waals surface area contributed by atoms with E-state index in [0.717, 1.165) is 43.7 Å². The fourth-order valence-corrected chi connectivity index (χ4v) is 3.68. The van der Waals surface area contributed by atoms with Crippen LogP contribution in [0.15, 0.2) is 36.4 Å². The van der Waals surface area contributed by atoms with Gasteiger partial charge in [0, 0.05) is 50.2 Å². The smallest absolute Gasteiger partial charge is 0.205 e. The predicted molar refractivity (Wildman–Crippen MR) is 96.0 cm³/mol. The Bertz CT molecular complexity index is 655. The van der Waals surface area contributed by atoms with E-state index in [4.69, 9.17) is 4.98 Å². The molecule has 1 aliphatic carbocycles. The Kier molecular flexibility index (Phi) is 4.39. The van der Waals surface area contributed by atoms with Crippen molar-refractivity contribution in [1.29, 1.82) is 0 Å². The average molecular weight is 326 g/mol. The van der Waals surface area contributed by atoms with Crippen LogP contribution in [0.2, 0.25) is 0 Å². The van der Waals surface area contributed by atoms with E-state index >= 15 is 0 Å². The van der Waals surface area contributed by atoms with Crippen LogP contribution in [0.4, 0.5) is 5.13 Å². The van der Waals surface area contributed by atoms with E-state index < -0.39 is 0 Å². The Hall–Kier alpha value is -1.72. The first kappa shape index (κ1) is 14.8.